The molecule has 2 atom stereocenters. The van der Waals surface area contributed by atoms with Crippen LogP contribution in [0.5, 0.6) is 0 Å². The molecule has 1 rings (SSSR count). The fraction of sp³-hybridized carbons (Fsp3) is 0.889. The van der Waals surface area contributed by atoms with E-state index >= 15 is 0 Å². The third-order valence-electron chi connectivity index (χ3n) is 2.39. The molecule has 1 saturated carbocycles. The molecular formula is C9H13ClF3NO. The Morgan fingerprint density at radius 2 is 1.93 bits per heavy atom. The average molecular weight is 244 g/mol. The van der Waals surface area contributed by atoms with Gasteiger partial charge in [0.15, 0.2) is 0 Å². The fourth-order valence-corrected chi connectivity index (χ4v) is 2.03. The third kappa shape index (κ3) is 4.73. The van der Waals surface area contributed by atoms with Gasteiger partial charge in [0.05, 0.1) is 5.38 Å². The molecule has 88 valence electrons. The van der Waals surface area contributed by atoms with Crippen LogP contribution in [0.25, 0.3) is 0 Å². The lowest BCUT2D eigenvalue weighted by molar-refractivity contribution is -0.154. The van der Waals surface area contributed by atoms with E-state index in [0.29, 0.717) is 6.42 Å². The SMILES string of the molecule is O=C(CC(F)(F)F)NC1CCCCC1Cl. The van der Waals surface area contributed by atoms with Crippen molar-refractivity contribution in [3.63, 3.8) is 0 Å². The Balaban J connectivity index is 2.36. The Morgan fingerprint density at radius 3 is 2.47 bits per heavy atom. The van der Waals surface area contributed by atoms with Crippen LogP contribution in [0, 0.1) is 0 Å². The largest absolute Gasteiger partial charge is 0.397 e. The lowest BCUT2D eigenvalue weighted by Gasteiger charge is -2.27. The molecule has 1 aliphatic rings. The van der Waals surface area contributed by atoms with Gasteiger partial charge in [-0.05, 0) is 12.8 Å². The minimum Gasteiger partial charge on any atom is -0.352 e. The Labute approximate surface area is 91.2 Å². The number of hydrogen-bond acceptors (Lipinski definition) is 1. The molecule has 0 heterocycles. The number of carbonyl (C=O) groups excluding carboxylic acids is 1. The molecule has 2 unspecified atom stereocenters. The van der Waals surface area contributed by atoms with Crippen molar-refractivity contribution >= 4 is 17.5 Å². The van der Waals surface area contributed by atoms with Crippen molar-refractivity contribution in [3.8, 4) is 0 Å². The number of alkyl halides is 4. The van der Waals surface area contributed by atoms with E-state index in [1.807, 2.05) is 0 Å². The van der Waals surface area contributed by atoms with Crippen LogP contribution in [0.4, 0.5) is 13.2 Å². The maximum absolute atomic E-state index is 11.9. The molecule has 0 spiro atoms. The predicted octanol–water partition coefficient (Wildman–Crippen LogP) is 2.61. The third-order valence-corrected chi connectivity index (χ3v) is 2.91. The van der Waals surface area contributed by atoms with Crippen molar-refractivity contribution in [2.75, 3.05) is 0 Å². The Morgan fingerprint density at radius 1 is 1.33 bits per heavy atom. The molecule has 1 N–H and O–H groups in total. The quantitative estimate of drug-likeness (QED) is 0.742. The van der Waals surface area contributed by atoms with E-state index in [1.54, 1.807) is 0 Å². The van der Waals surface area contributed by atoms with Gasteiger partial charge in [-0.3, -0.25) is 4.79 Å². The minimum atomic E-state index is -4.44. The summed E-state index contributed by atoms with van der Waals surface area (Å²) in [5.41, 5.74) is 0. The summed E-state index contributed by atoms with van der Waals surface area (Å²) in [5, 5.41) is 2.09. The van der Waals surface area contributed by atoms with Crippen molar-refractivity contribution in [1.82, 2.24) is 5.32 Å². The first-order chi connectivity index (χ1) is 6.88. The van der Waals surface area contributed by atoms with Crippen molar-refractivity contribution in [2.45, 2.75) is 49.7 Å². The zero-order valence-electron chi connectivity index (χ0n) is 8.11. The van der Waals surface area contributed by atoms with Crippen LogP contribution < -0.4 is 5.32 Å². The standard InChI is InChI=1S/C9H13ClF3NO/c10-6-3-1-2-4-7(6)14-8(15)5-9(11,12)13/h6-7H,1-5H2,(H,14,15). The normalized spacial score (nSPS) is 27.5. The van der Waals surface area contributed by atoms with Gasteiger partial charge in [0.25, 0.3) is 0 Å². The first-order valence-corrected chi connectivity index (χ1v) is 5.32. The molecule has 6 heteroatoms. The monoisotopic (exact) mass is 243 g/mol. The highest BCUT2D eigenvalue weighted by Gasteiger charge is 2.33. The Kier molecular flexibility index (Phi) is 4.25. The smallest absolute Gasteiger partial charge is 0.352 e. The molecule has 0 bridgehead atoms. The maximum atomic E-state index is 11.9. The highest BCUT2D eigenvalue weighted by molar-refractivity contribution is 6.21. The number of nitrogens with one attached hydrogen (secondary N) is 1. The second kappa shape index (κ2) is 5.05. The lowest BCUT2D eigenvalue weighted by Crippen LogP contribution is -2.44. The van der Waals surface area contributed by atoms with Gasteiger partial charge in [-0.2, -0.15) is 13.2 Å². The van der Waals surface area contributed by atoms with Crippen molar-refractivity contribution < 1.29 is 18.0 Å². The molecule has 0 aliphatic heterocycles. The zero-order valence-corrected chi connectivity index (χ0v) is 8.87. The molecule has 0 radical (unpaired) electrons. The lowest BCUT2D eigenvalue weighted by atomic mass is 9.95. The second-order valence-corrected chi connectivity index (χ2v) is 4.33. The van der Waals surface area contributed by atoms with Gasteiger partial charge in [0, 0.05) is 6.04 Å². The van der Waals surface area contributed by atoms with Gasteiger partial charge in [0.2, 0.25) is 5.91 Å². The molecule has 15 heavy (non-hydrogen) atoms. The topological polar surface area (TPSA) is 29.1 Å². The summed E-state index contributed by atoms with van der Waals surface area (Å²) in [6.45, 7) is 0. The predicted molar refractivity (Wildman–Crippen MR) is 50.7 cm³/mol. The van der Waals surface area contributed by atoms with E-state index < -0.39 is 18.5 Å². The minimum absolute atomic E-state index is 0.240. The van der Waals surface area contributed by atoms with E-state index in [0.717, 1.165) is 19.3 Å². The summed E-state index contributed by atoms with van der Waals surface area (Å²) in [5.74, 6) is -0.986. The summed E-state index contributed by atoms with van der Waals surface area (Å²) < 4.78 is 35.6. The van der Waals surface area contributed by atoms with Crippen molar-refractivity contribution in [2.24, 2.45) is 0 Å². The van der Waals surface area contributed by atoms with Gasteiger partial charge in [0.1, 0.15) is 6.42 Å². The first kappa shape index (κ1) is 12.6. The average Bonchev–Trinajstić information content (AvgIpc) is 2.05. The summed E-state index contributed by atoms with van der Waals surface area (Å²) in [4.78, 5) is 11.0. The molecule has 0 saturated heterocycles. The van der Waals surface area contributed by atoms with Gasteiger partial charge < -0.3 is 5.32 Å². The fourth-order valence-electron chi connectivity index (χ4n) is 1.69. The van der Waals surface area contributed by atoms with Crippen LogP contribution in [0.15, 0.2) is 0 Å². The van der Waals surface area contributed by atoms with Gasteiger partial charge in [-0.15, -0.1) is 11.6 Å². The molecule has 2 nitrogen and oxygen atoms in total. The Bertz CT molecular complexity index is 232. The van der Waals surface area contributed by atoms with Crippen molar-refractivity contribution in [1.29, 1.82) is 0 Å². The van der Waals surface area contributed by atoms with Gasteiger partial charge in [-0.1, -0.05) is 12.8 Å². The number of hydrogen-bond donors (Lipinski definition) is 1. The summed E-state index contributed by atoms with van der Waals surface area (Å²) in [6.07, 6.45) is -2.58. The van der Waals surface area contributed by atoms with Crippen LogP contribution >= 0.6 is 11.6 Å². The van der Waals surface area contributed by atoms with E-state index in [-0.39, 0.29) is 11.4 Å². The van der Waals surface area contributed by atoms with Crippen LogP contribution in [0.1, 0.15) is 32.1 Å². The summed E-state index contributed by atoms with van der Waals surface area (Å²) in [7, 11) is 0. The number of amides is 1. The van der Waals surface area contributed by atoms with Crippen LogP contribution in [-0.2, 0) is 4.79 Å². The van der Waals surface area contributed by atoms with Crippen LogP contribution in [-0.4, -0.2) is 23.5 Å². The summed E-state index contributed by atoms with van der Waals surface area (Å²) in [6, 6.07) is -0.310. The Hall–Kier alpha value is -0.450. The van der Waals surface area contributed by atoms with E-state index in [2.05, 4.69) is 5.32 Å². The number of rotatable bonds is 2. The molecule has 1 fully saturated rings. The van der Waals surface area contributed by atoms with Gasteiger partial charge in [-0.25, -0.2) is 0 Å². The highest BCUT2D eigenvalue weighted by Crippen LogP contribution is 2.24. The number of carbonyl (C=O) groups is 1. The van der Waals surface area contributed by atoms with Crippen LogP contribution in [0.2, 0.25) is 0 Å². The summed E-state index contributed by atoms with van der Waals surface area (Å²) >= 11 is 5.90. The van der Waals surface area contributed by atoms with E-state index in [1.165, 1.54) is 0 Å². The molecule has 1 amide bonds. The van der Waals surface area contributed by atoms with Crippen molar-refractivity contribution in [3.05, 3.63) is 0 Å². The zero-order chi connectivity index (χ0) is 11.5. The number of halogens is 4. The molecule has 0 aromatic carbocycles. The molecule has 1 aliphatic carbocycles. The molecule has 0 aromatic heterocycles. The maximum Gasteiger partial charge on any atom is 0.397 e. The molecule has 0 aromatic rings. The highest BCUT2D eigenvalue weighted by atomic mass is 35.5. The second-order valence-electron chi connectivity index (χ2n) is 3.77. The van der Waals surface area contributed by atoms with Crippen LogP contribution in [0.3, 0.4) is 0 Å². The molecular weight excluding hydrogens is 231 g/mol. The van der Waals surface area contributed by atoms with Gasteiger partial charge >= 0.3 is 6.18 Å². The first-order valence-electron chi connectivity index (χ1n) is 4.88. The van der Waals surface area contributed by atoms with E-state index in [4.69, 9.17) is 11.6 Å². The van der Waals surface area contributed by atoms with E-state index in [9.17, 15) is 18.0 Å².